The molecule has 2 heterocycles. The molecule has 260 valence electrons. The molecule has 0 aliphatic heterocycles. The van der Waals surface area contributed by atoms with Crippen molar-refractivity contribution >= 4 is 27.6 Å². The summed E-state index contributed by atoms with van der Waals surface area (Å²) in [5.41, 5.74) is 14.6. The van der Waals surface area contributed by atoms with E-state index in [4.69, 9.17) is 9.97 Å². The third-order valence-corrected chi connectivity index (χ3v) is 10.9. The van der Waals surface area contributed by atoms with E-state index in [1.807, 2.05) is 18.3 Å². The van der Waals surface area contributed by atoms with E-state index >= 15 is 0 Å². The van der Waals surface area contributed by atoms with Crippen molar-refractivity contribution in [2.45, 2.75) is 19.3 Å². The molecule has 1 aliphatic carbocycles. The molecule has 3 nitrogen and oxygen atoms in total. The van der Waals surface area contributed by atoms with Crippen molar-refractivity contribution in [3.63, 3.8) is 0 Å². The maximum Gasteiger partial charge on any atom is 0.160 e. The molecule has 0 fully saturated rings. The number of pyridine rings is 1. The van der Waals surface area contributed by atoms with Gasteiger partial charge in [-0.2, -0.15) is 0 Å². The van der Waals surface area contributed by atoms with Gasteiger partial charge in [0.05, 0.1) is 11.4 Å². The van der Waals surface area contributed by atoms with Gasteiger partial charge in [-0.3, -0.25) is 4.98 Å². The van der Waals surface area contributed by atoms with E-state index < -0.39 is 0 Å². The highest BCUT2D eigenvalue weighted by atomic mass is 14.9. The zero-order chi connectivity index (χ0) is 36.6. The maximum atomic E-state index is 5.20. The predicted molar refractivity (Wildman–Crippen MR) is 229 cm³/mol. The van der Waals surface area contributed by atoms with Crippen LogP contribution in [0.4, 0.5) is 0 Å². The summed E-state index contributed by atoms with van der Waals surface area (Å²) in [5.74, 6) is 0.694. The molecule has 7 aromatic carbocycles. The zero-order valence-corrected chi connectivity index (χ0v) is 30.4. The minimum Gasteiger partial charge on any atom is -0.264 e. The monoisotopic (exact) mass is 703 g/mol. The molecule has 3 heteroatoms. The molecule has 0 bridgehead atoms. The minimum atomic E-state index is 0.694. The first kappa shape index (κ1) is 32.7. The molecule has 1 aliphatic rings. The van der Waals surface area contributed by atoms with Gasteiger partial charge in [0.15, 0.2) is 5.82 Å². The van der Waals surface area contributed by atoms with Gasteiger partial charge in [0.2, 0.25) is 0 Å². The largest absolute Gasteiger partial charge is 0.264 e. The van der Waals surface area contributed by atoms with Gasteiger partial charge in [0.1, 0.15) is 0 Å². The van der Waals surface area contributed by atoms with E-state index in [-0.39, 0.29) is 0 Å². The minimum absolute atomic E-state index is 0.694. The molecule has 55 heavy (non-hydrogen) atoms. The summed E-state index contributed by atoms with van der Waals surface area (Å²) in [4.78, 5) is 14.7. The quantitative estimate of drug-likeness (QED) is 0.162. The fourth-order valence-electron chi connectivity index (χ4n) is 8.07. The van der Waals surface area contributed by atoms with Crippen LogP contribution < -0.4 is 0 Å². The van der Waals surface area contributed by atoms with Gasteiger partial charge in [-0.1, -0.05) is 152 Å². The van der Waals surface area contributed by atoms with Crippen molar-refractivity contribution < 1.29 is 0 Å². The Morgan fingerprint density at radius 2 is 1.02 bits per heavy atom. The fraction of sp³-hybridized carbons (Fsp3) is 0.0577. The number of fused-ring (bicyclic) bond motifs is 6. The Kier molecular flexibility index (Phi) is 8.38. The van der Waals surface area contributed by atoms with Crippen molar-refractivity contribution in [1.82, 2.24) is 15.0 Å². The van der Waals surface area contributed by atoms with Crippen LogP contribution in [0.1, 0.15) is 24.0 Å². The number of nitrogens with zero attached hydrogens (tertiary/aromatic N) is 3. The molecule has 0 N–H and O–H groups in total. The first-order valence-corrected chi connectivity index (χ1v) is 19.1. The Morgan fingerprint density at radius 3 is 1.82 bits per heavy atom. The van der Waals surface area contributed by atoms with E-state index in [9.17, 15) is 0 Å². The second-order valence-electron chi connectivity index (χ2n) is 14.3. The maximum absolute atomic E-state index is 5.20. The van der Waals surface area contributed by atoms with Crippen LogP contribution in [0.2, 0.25) is 0 Å². The summed E-state index contributed by atoms with van der Waals surface area (Å²) in [5, 5.41) is 5.33. The van der Waals surface area contributed by atoms with Crippen LogP contribution in [0, 0.1) is 0 Å². The summed E-state index contributed by atoms with van der Waals surface area (Å²) < 4.78 is 0. The normalized spacial score (nSPS) is 12.4. The molecule has 0 unspecified atom stereocenters. The van der Waals surface area contributed by atoms with E-state index in [0.29, 0.717) is 5.82 Å². The van der Waals surface area contributed by atoms with Crippen LogP contribution in [0.15, 0.2) is 182 Å². The Morgan fingerprint density at radius 1 is 0.400 bits per heavy atom. The standard InChI is InChI=1S/C52H37N3/c1-3-11-35(12-4-1)40-13-9-14-42(31-40)51-33-50(38-24-20-37(21-25-38)43-15-10-30-53-34-43)54-52(55-51)39-26-22-36(23-27-39)41-28-29-48-46-17-6-2-5-16-44(46)45-18-7-8-19-47(45)49(48)32-41/h1,3-4,6-15,17-34H,2,5,16H2. The second-order valence-corrected chi connectivity index (χ2v) is 14.3. The Bertz CT molecular complexity index is 2860. The number of rotatable bonds is 6. The number of aromatic nitrogens is 3. The summed E-state index contributed by atoms with van der Waals surface area (Å²) in [6, 6.07) is 58.4. The van der Waals surface area contributed by atoms with Gasteiger partial charge in [0.25, 0.3) is 0 Å². The summed E-state index contributed by atoms with van der Waals surface area (Å²) >= 11 is 0. The predicted octanol–water partition coefficient (Wildman–Crippen LogP) is 13.5. The first-order chi connectivity index (χ1) is 27.2. The molecule has 0 saturated carbocycles. The number of hydrogen-bond acceptors (Lipinski definition) is 3. The van der Waals surface area contributed by atoms with Crippen LogP contribution in [0.5, 0.6) is 0 Å². The average Bonchev–Trinajstić information content (AvgIpc) is 3.54. The van der Waals surface area contributed by atoms with Crippen LogP contribution in [0.3, 0.4) is 0 Å². The Balaban J connectivity index is 1.05. The zero-order valence-electron chi connectivity index (χ0n) is 30.4. The van der Waals surface area contributed by atoms with Gasteiger partial charge in [-0.15, -0.1) is 0 Å². The lowest BCUT2D eigenvalue weighted by Crippen LogP contribution is -1.96. The molecule has 10 rings (SSSR count). The highest BCUT2D eigenvalue weighted by molar-refractivity contribution is 6.13. The van der Waals surface area contributed by atoms with Crippen molar-refractivity contribution in [3.8, 4) is 67.3 Å². The van der Waals surface area contributed by atoms with Crippen molar-refractivity contribution in [3.05, 3.63) is 193 Å². The highest BCUT2D eigenvalue weighted by Crippen LogP contribution is 2.39. The molecular formula is C52H37N3. The number of benzene rings is 7. The number of hydrogen-bond donors (Lipinski definition) is 0. The van der Waals surface area contributed by atoms with Crippen LogP contribution in [-0.2, 0) is 6.42 Å². The molecule has 9 aromatic rings. The Labute approximate surface area is 321 Å². The van der Waals surface area contributed by atoms with Crippen LogP contribution in [-0.4, -0.2) is 15.0 Å². The van der Waals surface area contributed by atoms with Crippen LogP contribution >= 0.6 is 0 Å². The topological polar surface area (TPSA) is 38.7 Å². The van der Waals surface area contributed by atoms with Gasteiger partial charge in [-0.05, 0) is 110 Å². The third kappa shape index (κ3) is 6.30. The van der Waals surface area contributed by atoms with E-state index in [0.717, 1.165) is 63.2 Å². The number of aryl methyl sites for hydroxylation is 1. The van der Waals surface area contributed by atoms with Crippen LogP contribution in [0.25, 0.3) is 94.9 Å². The molecule has 0 atom stereocenters. The first-order valence-electron chi connectivity index (χ1n) is 19.1. The summed E-state index contributed by atoms with van der Waals surface area (Å²) in [6.07, 6.45) is 11.8. The van der Waals surface area contributed by atoms with Gasteiger partial charge < -0.3 is 0 Å². The summed E-state index contributed by atoms with van der Waals surface area (Å²) in [6.45, 7) is 0. The smallest absolute Gasteiger partial charge is 0.160 e. The molecule has 2 aromatic heterocycles. The SMILES string of the molecule is C1=Cc2c(c3ccccc3c3cc(-c4ccc(-c5nc(-c6ccc(-c7cccnc7)cc6)cc(-c6cccc(-c7ccccc7)c6)n5)cc4)ccc23)CCC1. The van der Waals surface area contributed by atoms with Crippen molar-refractivity contribution in [2.24, 2.45) is 0 Å². The molecule has 0 amide bonds. The van der Waals surface area contributed by atoms with Gasteiger partial charge in [-0.25, -0.2) is 9.97 Å². The lowest BCUT2D eigenvalue weighted by atomic mass is 9.88. The van der Waals surface area contributed by atoms with Crippen molar-refractivity contribution in [1.29, 1.82) is 0 Å². The molecule has 0 spiro atoms. The van der Waals surface area contributed by atoms with E-state index in [1.165, 1.54) is 50.2 Å². The third-order valence-electron chi connectivity index (χ3n) is 10.9. The van der Waals surface area contributed by atoms with E-state index in [2.05, 4.69) is 169 Å². The van der Waals surface area contributed by atoms with Crippen molar-refractivity contribution in [2.75, 3.05) is 0 Å². The lowest BCUT2D eigenvalue weighted by Gasteiger charge is -2.15. The summed E-state index contributed by atoms with van der Waals surface area (Å²) in [7, 11) is 0. The average molecular weight is 704 g/mol. The van der Waals surface area contributed by atoms with E-state index in [1.54, 1.807) is 6.20 Å². The highest BCUT2D eigenvalue weighted by Gasteiger charge is 2.16. The Hall–Kier alpha value is -6.97. The fourth-order valence-corrected chi connectivity index (χ4v) is 8.07. The number of allylic oxidation sites excluding steroid dienone is 1. The van der Waals surface area contributed by atoms with Gasteiger partial charge >= 0.3 is 0 Å². The van der Waals surface area contributed by atoms with Gasteiger partial charge in [0, 0.05) is 29.1 Å². The lowest BCUT2D eigenvalue weighted by molar-refractivity contribution is 0.857. The second kappa shape index (κ2) is 14.1. The molecule has 0 saturated heterocycles. The molecular weight excluding hydrogens is 667 g/mol. The molecule has 0 radical (unpaired) electrons.